The van der Waals surface area contributed by atoms with Crippen LogP contribution in [0.25, 0.3) is 0 Å². The lowest BCUT2D eigenvalue weighted by Gasteiger charge is -2.36. The molecule has 3 heteroatoms. The van der Waals surface area contributed by atoms with Gasteiger partial charge in [0.15, 0.2) is 0 Å². The zero-order valence-corrected chi connectivity index (χ0v) is 12.7. The van der Waals surface area contributed by atoms with Crippen molar-refractivity contribution in [3.05, 3.63) is 0 Å². The predicted molar refractivity (Wildman–Crippen MR) is 75.5 cm³/mol. The van der Waals surface area contributed by atoms with Gasteiger partial charge in [-0.15, -0.1) is 0 Å². The second-order valence-electron chi connectivity index (χ2n) is 4.66. The molecule has 0 amide bonds. The zero-order chi connectivity index (χ0) is 11.3. The summed E-state index contributed by atoms with van der Waals surface area (Å²) in [4.78, 5) is 0. The first-order valence-electron chi connectivity index (χ1n) is 6.42. The first-order valence-corrected chi connectivity index (χ1v) is 10.2. The highest BCUT2D eigenvalue weighted by Crippen LogP contribution is 2.61. The molecule has 1 nitrogen and oxygen atoms in total. The quantitative estimate of drug-likeness (QED) is 0.614. The van der Waals surface area contributed by atoms with Gasteiger partial charge in [-0.3, -0.25) is 4.44 Å². The van der Waals surface area contributed by atoms with E-state index in [9.17, 15) is 0 Å². The van der Waals surface area contributed by atoms with Crippen LogP contribution in [0.5, 0.6) is 0 Å². The van der Waals surface area contributed by atoms with Gasteiger partial charge in [0.2, 0.25) is 0 Å². The molecule has 1 fully saturated rings. The van der Waals surface area contributed by atoms with Crippen molar-refractivity contribution in [2.45, 2.75) is 51.6 Å². The highest BCUT2D eigenvalue weighted by molar-refractivity contribution is 7.70. The summed E-state index contributed by atoms with van der Waals surface area (Å²) < 4.78 is 2.90. The minimum Gasteiger partial charge on any atom is -0.260 e. The molecule has 2 atom stereocenters. The average molecular weight is 247 g/mol. The number of unbranched alkanes of at least 4 members (excludes halogenated alkanes) is 1. The Labute approximate surface area is 98.6 Å². The number of hydrogen-bond donors (Lipinski definition) is 0. The van der Waals surface area contributed by atoms with Gasteiger partial charge >= 0.3 is 0 Å². The molecule has 0 aromatic heterocycles. The van der Waals surface area contributed by atoms with Gasteiger partial charge in [-0.2, -0.15) is 0 Å². The molecular weight excluding hydrogens is 220 g/mol. The maximum absolute atomic E-state index is 2.90. The van der Waals surface area contributed by atoms with Crippen molar-refractivity contribution in [2.75, 3.05) is 26.0 Å². The molecule has 0 radical (unpaired) electrons. The summed E-state index contributed by atoms with van der Waals surface area (Å²) in [5.41, 5.74) is 1.06. The zero-order valence-electron chi connectivity index (χ0n) is 10.9. The van der Waals surface area contributed by atoms with E-state index in [4.69, 9.17) is 0 Å². The second kappa shape index (κ2) is 7.21. The van der Waals surface area contributed by atoms with Crippen molar-refractivity contribution in [1.82, 2.24) is 4.44 Å². The molecular formula is C12H27NP2. The molecule has 1 heterocycles. The minimum atomic E-state index is 0.143. The molecule has 1 saturated heterocycles. The van der Waals surface area contributed by atoms with Gasteiger partial charge in [-0.05, 0) is 67.0 Å². The fourth-order valence-corrected chi connectivity index (χ4v) is 8.26. The lowest BCUT2D eigenvalue weighted by atomic mass is 10.2. The highest BCUT2D eigenvalue weighted by atomic mass is 31.2. The van der Waals surface area contributed by atoms with Gasteiger partial charge in [-0.25, -0.2) is 0 Å². The van der Waals surface area contributed by atoms with Gasteiger partial charge in [-0.1, -0.05) is 20.3 Å². The minimum absolute atomic E-state index is 0.143. The average Bonchev–Trinajstić information content (AvgIpc) is 2.66. The van der Waals surface area contributed by atoms with Crippen molar-refractivity contribution in [1.29, 1.82) is 0 Å². The van der Waals surface area contributed by atoms with E-state index in [-0.39, 0.29) is 16.1 Å². The first kappa shape index (κ1) is 13.9. The molecule has 1 aliphatic rings. The van der Waals surface area contributed by atoms with Crippen LogP contribution < -0.4 is 0 Å². The van der Waals surface area contributed by atoms with E-state index >= 15 is 0 Å². The van der Waals surface area contributed by atoms with Gasteiger partial charge in [0.05, 0.1) is 0 Å². The Morgan fingerprint density at radius 3 is 2.60 bits per heavy atom. The molecule has 1 rings (SSSR count). The molecule has 0 N–H and O–H groups in total. The molecule has 0 aromatic carbocycles. The Balaban J connectivity index is 2.53. The summed E-state index contributed by atoms with van der Waals surface area (Å²) in [5, 5.41) is 0. The summed E-state index contributed by atoms with van der Waals surface area (Å²) >= 11 is 0. The third kappa shape index (κ3) is 3.95. The highest BCUT2D eigenvalue weighted by Gasteiger charge is 2.31. The fraction of sp³-hybridized carbons (Fsp3) is 1.00. The summed E-state index contributed by atoms with van der Waals surface area (Å²) in [6, 6.07) is 0. The van der Waals surface area contributed by atoms with E-state index < -0.39 is 0 Å². The largest absolute Gasteiger partial charge is 0.260 e. The van der Waals surface area contributed by atoms with Gasteiger partial charge in [0.25, 0.3) is 0 Å². The third-order valence-corrected chi connectivity index (χ3v) is 9.21. The summed E-state index contributed by atoms with van der Waals surface area (Å²) in [5.74, 6) is 0. The molecule has 0 saturated carbocycles. The summed E-state index contributed by atoms with van der Waals surface area (Å²) in [7, 11) is 0.382. The maximum Gasteiger partial charge on any atom is 0.00615 e. The van der Waals surface area contributed by atoms with Gasteiger partial charge in [0.1, 0.15) is 0 Å². The number of rotatable bonds is 6. The fourth-order valence-electron chi connectivity index (χ4n) is 2.40. The van der Waals surface area contributed by atoms with Crippen molar-refractivity contribution in [3.63, 3.8) is 0 Å². The molecule has 1 aliphatic heterocycles. The van der Waals surface area contributed by atoms with Crippen LogP contribution in [0.15, 0.2) is 0 Å². The predicted octanol–water partition coefficient (Wildman–Crippen LogP) is 4.71. The van der Waals surface area contributed by atoms with Gasteiger partial charge < -0.3 is 0 Å². The van der Waals surface area contributed by atoms with Crippen LogP contribution >= 0.6 is 16.1 Å². The van der Waals surface area contributed by atoms with Crippen LogP contribution in [0.4, 0.5) is 0 Å². The molecule has 0 aliphatic carbocycles. The summed E-state index contributed by atoms with van der Waals surface area (Å²) in [6.07, 6.45) is 8.69. The SMILES string of the molecule is CCCCN(P(C)C)P1CCC[C@H]1CC. The monoisotopic (exact) mass is 247 g/mol. The molecule has 1 unspecified atom stereocenters. The Kier molecular flexibility index (Phi) is 6.67. The second-order valence-corrected chi connectivity index (χ2v) is 9.70. The Morgan fingerprint density at radius 1 is 1.33 bits per heavy atom. The lowest BCUT2D eigenvalue weighted by molar-refractivity contribution is 0.628. The molecule has 0 spiro atoms. The standard InChI is InChI=1S/C12H27NP2/c1-5-7-10-13(14(3)4)15-11-8-9-12(15)6-2/h12H,5-11H2,1-4H3/t12-,15?/m1/s1. The van der Waals surface area contributed by atoms with E-state index in [1.54, 1.807) is 0 Å². The van der Waals surface area contributed by atoms with Gasteiger partial charge in [0, 0.05) is 6.54 Å². The van der Waals surface area contributed by atoms with E-state index in [0.717, 1.165) is 5.66 Å². The van der Waals surface area contributed by atoms with E-state index in [2.05, 4.69) is 31.6 Å². The maximum atomic E-state index is 2.90. The van der Waals surface area contributed by atoms with Crippen molar-refractivity contribution in [2.24, 2.45) is 0 Å². The smallest absolute Gasteiger partial charge is 0.00615 e. The van der Waals surface area contributed by atoms with Crippen LogP contribution in [0.1, 0.15) is 46.0 Å². The van der Waals surface area contributed by atoms with E-state index in [1.165, 1.54) is 44.8 Å². The van der Waals surface area contributed by atoms with Crippen molar-refractivity contribution in [3.8, 4) is 0 Å². The van der Waals surface area contributed by atoms with Crippen LogP contribution in [0, 0.1) is 0 Å². The van der Waals surface area contributed by atoms with Crippen LogP contribution in [-0.2, 0) is 0 Å². The molecule has 0 bridgehead atoms. The Bertz CT molecular complexity index is 173. The first-order chi connectivity index (χ1) is 7.20. The third-order valence-electron chi connectivity index (χ3n) is 3.29. The summed E-state index contributed by atoms with van der Waals surface area (Å²) in [6.45, 7) is 11.0. The van der Waals surface area contributed by atoms with Crippen LogP contribution in [0.3, 0.4) is 0 Å². The Hall–Kier alpha value is 0.820. The normalized spacial score (nSPS) is 26.8. The number of hydrogen-bond acceptors (Lipinski definition) is 1. The number of nitrogens with zero attached hydrogens (tertiary/aromatic N) is 1. The Morgan fingerprint density at radius 2 is 2.07 bits per heavy atom. The van der Waals surface area contributed by atoms with E-state index in [0.29, 0.717) is 0 Å². The van der Waals surface area contributed by atoms with Crippen molar-refractivity contribution < 1.29 is 0 Å². The topological polar surface area (TPSA) is 3.24 Å². The molecule has 15 heavy (non-hydrogen) atoms. The lowest BCUT2D eigenvalue weighted by Crippen LogP contribution is -2.17. The van der Waals surface area contributed by atoms with E-state index in [1.807, 2.05) is 0 Å². The molecule has 90 valence electrons. The van der Waals surface area contributed by atoms with Crippen LogP contribution in [0.2, 0.25) is 0 Å². The molecule has 0 aromatic rings. The van der Waals surface area contributed by atoms with Crippen molar-refractivity contribution >= 4 is 16.1 Å². The van der Waals surface area contributed by atoms with Crippen LogP contribution in [-0.4, -0.2) is 36.1 Å².